The predicted octanol–water partition coefficient (Wildman–Crippen LogP) is 5.12. The summed E-state index contributed by atoms with van der Waals surface area (Å²) in [6.45, 7) is 11.4. The van der Waals surface area contributed by atoms with E-state index in [2.05, 4.69) is 64.8 Å². The molecule has 0 spiro atoms. The molecule has 0 saturated heterocycles. The fourth-order valence-corrected chi connectivity index (χ4v) is 2.85. The number of nitrogens with zero attached hydrogens (tertiary/aromatic N) is 1. The van der Waals surface area contributed by atoms with Crippen molar-refractivity contribution in [3.05, 3.63) is 40.6 Å². The van der Waals surface area contributed by atoms with Gasteiger partial charge in [-0.15, -0.1) is 0 Å². The maximum Gasteiger partial charge on any atom is 0.0438 e. The van der Waals surface area contributed by atoms with Gasteiger partial charge in [0.25, 0.3) is 0 Å². The highest BCUT2D eigenvalue weighted by Crippen LogP contribution is 2.35. The van der Waals surface area contributed by atoms with Crippen LogP contribution in [0.5, 0.6) is 0 Å². The van der Waals surface area contributed by atoms with E-state index >= 15 is 0 Å². The van der Waals surface area contributed by atoms with E-state index in [4.69, 9.17) is 0 Å². The third-order valence-corrected chi connectivity index (χ3v) is 4.49. The van der Waals surface area contributed by atoms with E-state index in [0.29, 0.717) is 11.8 Å². The molecule has 0 aromatic heterocycles. The molecule has 0 radical (unpaired) electrons. The van der Waals surface area contributed by atoms with Gasteiger partial charge in [-0.3, -0.25) is 0 Å². The molecule has 104 valence electrons. The van der Waals surface area contributed by atoms with Crippen LogP contribution in [-0.2, 0) is 6.42 Å². The van der Waals surface area contributed by atoms with E-state index in [1.165, 1.54) is 40.9 Å². The van der Waals surface area contributed by atoms with Gasteiger partial charge in [0.15, 0.2) is 0 Å². The molecule has 0 aliphatic carbocycles. The lowest BCUT2D eigenvalue weighted by atomic mass is 9.91. The number of aryl methyl sites for hydroxylation is 1. The summed E-state index contributed by atoms with van der Waals surface area (Å²) in [6.07, 6.45) is 2.36. The fraction of sp³-hybridized carbons (Fsp3) is 0.556. The van der Waals surface area contributed by atoms with Crippen molar-refractivity contribution >= 4 is 5.69 Å². The third-order valence-electron chi connectivity index (χ3n) is 4.49. The van der Waals surface area contributed by atoms with Crippen molar-refractivity contribution in [2.45, 2.75) is 53.4 Å². The maximum absolute atomic E-state index is 2.40. The van der Waals surface area contributed by atoms with Crippen molar-refractivity contribution in [3.8, 4) is 0 Å². The molecule has 1 aliphatic rings. The van der Waals surface area contributed by atoms with Crippen molar-refractivity contribution in [1.82, 2.24) is 0 Å². The van der Waals surface area contributed by atoms with Crippen molar-refractivity contribution in [2.24, 2.45) is 5.92 Å². The molecule has 2 rings (SSSR count). The lowest BCUT2D eigenvalue weighted by Gasteiger charge is -2.33. The Kier molecular flexibility index (Phi) is 4.03. The molecule has 0 unspecified atom stereocenters. The molecular formula is C18H27N. The first-order chi connectivity index (χ1) is 8.91. The lowest BCUT2D eigenvalue weighted by molar-refractivity contribution is 0.716. The summed E-state index contributed by atoms with van der Waals surface area (Å²) >= 11 is 0. The van der Waals surface area contributed by atoms with Gasteiger partial charge < -0.3 is 4.90 Å². The minimum absolute atomic E-state index is 0.616. The molecule has 0 atom stereocenters. The number of rotatable bonds is 2. The van der Waals surface area contributed by atoms with Crippen LogP contribution in [0, 0.1) is 5.92 Å². The molecule has 0 bridgehead atoms. The Balaban J connectivity index is 2.40. The maximum atomic E-state index is 2.40. The fourth-order valence-electron chi connectivity index (χ4n) is 2.85. The number of anilines is 1. The monoisotopic (exact) mass is 257 g/mol. The average molecular weight is 257 g/mol. The molecule has 0 fully saturated rings. The summed E-state index contributed by atoms with van der Waals surface area (Å²) in [5, 5.41) is 0. The molecule has 19 heavy (non-hydrogen) atoms. The second kappa shape index (κ2) is 5.40. The van der Waals surface area contributed by atoms with Gasteiger partial charge in [0.05, 0.1) is 0 Å². The molecular weight excluding hydrogens is 230 g/mol. The standard InChI is InChI=1S/C18H27N/c1-12(2)14(5)17-9-8-16-11-15(13(3)4)7-10-18(16)19(17)6/h7,10-13H,8-9H2,1-6H3. The Bertz CT molecular complexity index is 494. The average Bonchev–Trinajstić information content (AvgIpc) is 2.37. The number of allylic oxidation sites excluding steroid dienone is 2. The summed E-state index contributed by atoms with van der Waals surface area (Å²) in [5.74, 6) is 1.25. The Morgan fingerprint density at radius 2 is 1.79 bits per heavy atom. The highest BCUT2D eigenvalue weighted by molar-refractivity contribution is 5.62. The molecule has 1 aliphatic heterocycles. The van der Waals surface area contributed by atoms with Crippen LogP contribution < -0.4 is 4.90 Å². The Labute approximate surface area is 118 Å². The SMILES string of the molecule is CC(=C1CCc2cc(C(C)C)ccc2N1C)C(C)C. The van der Waals surface area contributed by atoms with Crippen molar-refractivity contribution in [2.75, 3.05) is 11.9 Å². The van der Waals surface area contributed by atoms with Gasteiger partial charge in [0, 0.05) is 18.4 Å². The minimum Gasteiger partial charge on any atom is -0.348 e. The molecule has 0 amide bonds. The van der Waals surface area contributed by atoms with Crippen LogP contribution in [0.2, 0.25) is 0 Å². The highest BCUT2D eigenvalue weighted by atomic mass is 15.1. The second-order valence-corrected chi connectivity index (χ2v) is 6.39. The first-order valence-corrected chi connectivity index (χ1v) is 7.48. The van der Waals surface area contributed by atoms with E-state index in [1.807, 2.05) is 0 Å². The first-order valence-electron chi connectivity index (χ1n) is 7.48. The third kappa shape index (κ3) is 2.70. The van der Waals surface area contributed by atoms with Crippen LogP contribution in [0.4, 0.5) is 5.69 Å². The number of hydrogen-bond acceptors (Lipinski definition) is 1. The molecule has 1 aromatic carbocycles. The largest absolute Gasteiger partial charge is 0.348 e. The van der Waals surface area contributed by atoms with Crippen LogP contribution in [0.1, 0.15) is 58.1 Å². The Morgan fingerprint density at radius 3 is 2.37 bits per heavy atom. The summed E-state index contributed by atoms with van der Waals surface area (Å²) in [6, 6.07) is 6.99. The molecule has 1 heterocycles. The smallest absolute Gasteiger partial charge is 0.0438 e. The van der Waals surface area contributed by atoms with Crippen LogP contribution in [0.15, 0.2) is 29.5 Å². The van der Waals surface area contributed by atoms with Gasteiger partial charge in [-0.2, -0.15) is 0 Å². The predicted molar refractivity (Wildman–Crippen MR) is 84.8 cm³/mol. The summed E-state index contributed by atoms with van der Waals surface area (Å²) in [5.41, 5.74) is 7.40. The van der Waals surface area contributed by atoms with Gasteiger partial charge in [-0.25, -0.2) is 0 Å². The van der Waals surface area contributed by atoms with E-state index in [-0.39, 0.29) is 0 Å². The van der Waals surface area contributed by atoms with E-state index < -0.39 is 0 Å². The van der Waals surface area contributed by atoms with Crippen molar-refractivity contribution < 1.29 is 0 Å². The molecule has 1 nitrogen and oxygen atoms in total. The van der Waals surface area contributed by atoms with Crippen molar-refractivity contribution in [1.29, 1.82) is 0 Å². The number of hydrogen-bond donors (Lipinski definition) is 0. The molecule has 1 aromatic rings. The van der Waals surface area contributed by atoms with Crippen molar-refractivity contribution in [3.63, 3.8) is 0 Å². The molecule has 0 N–H and O–H groups in total. The van der Waals surface area contributed by atoms with Crippen LogP contribution in [-0.4, -0.2) is 7.05 Å². The van der Waals surface area contributed by atoms with Gasteiger partial charge in [0.2, 0.25) is 0 Å². The van der Waals surface area contributed by atoms with Gasteiger partial charge >= 0.3 is 0 Å². The van der Waals surface area contributed by atoms with Crippen LogP contribution in [0.25, 0.3) is 0 Å². The second-order valence-electron chi connectivity index (χ2n) is 6.39. The first kappa shape index (κ1) is 14.2. The topological polar surface area (TPSA) is 3.24 Å². The lowest BCUT2D eigenvalue weighted by Crippen LogP contribution is -2.25. The highest BCUT2D eigenvalue weighted by Gasteiger charge is 2.21. The Hall–Kier alpha value is -1.24. The zero-order valence-corrected chi connectivity index (χ0v) is 13.2. The van der Waals surface area contributed by atoms with E-state index in [9.17, 15) is 0 Å². The van der Waals surface area contributed by atoms with E-state index in [1.54, 1.807) is 0 Å². The zero-order chi connectivity index (χ0) is 14.2. The quantitative estimate of drug-likeness (QED) is 0.710. The van der Waals surface area contributed by atoms with Gasteiger partial charge in [0.1, 0.15) is 0 Å². The van der Waals surface area contributed by atoms with Crippen LogP contribution >= 0.6 is 0 Å². The summed E-state index contributed by atoms with van der Waals surface area (Å²) in [4.78, 5) is 2.40. The van der Waals surface area contributed by atoms with Crippen LogP contribution in [0.3, 0.4) is 0 Å². The van der Waals surface area contributed by atoms with E-state index in [0.717, 1.165) is 0 Å². The molecule has 1 heteroatoms. The van der Waals surface area contributed by atoms with Gasteiger partial charge in [-0.05, 0) is 48.8 Å². The Morgan fingerprint density at radius 1 is 1.11 bits per heavy atom. The number of fused-ring (bicyclic) bond motifs is 1. The van der Waals surface area contributed by atoms with Gasteiger partial charge in [-0.1, -0.05) is 45.4 Å². The zero-order valence-electron chi connectivity index (χ0n) is 13.2. The molecule has 0 saturated carbocycles. The number of benzene rings is 1. The minimum atomic E-state index is 0.616. The normalized spacial score (nSPS) is 18.0. The summed E-state index contributed by atoms with van der Waals surface area (Å²) in [7, 11) is 2.22. The summed E-state index contributed by atoms with van der Waals surface area (Å²) < 4.78 is 0.